The van der Waals surface area contributed by atoms with E-state index in [0.717, 1.165) is 32.6 Å². The lowest BCUT2D eigenvalue weighted by Gasteiger charge is -2.26. The Labute approximate surface area is 135 Å². The van der Waals surface area contributed by atoms with Gasteiger partial charge in [0.15, 0.2) is 0 Å². The number of hydrogen-bond acceptors (Lipinski definition) is 4. The standard InChI is InChI=1S/C16H23N3O2S/c1-17-11-13(3-4-15(17)20)16(21)19-7-2-6-18(8-9-19)14-5-10-22-12-14/h3-4,11,14H,2,5-10,12H2,1H3. The normalized spacial score (nSPS) is 23.5. The van der Waals surface area contributed by atoms with Gasteiger partial charge in [-0.1, -0.05) is 0 Å². The van der Waals surface area contributed by atoms with Gasteiger partial charge in [0.1, 0.15) is 0 Å². The van der Waals surface area contributed by atoms with Crippen LogP contribution in [-0.2, 0) is 7.05 Å². The molecule has 120 valence electrons. The fourth-order valence-electron chi connectivity index (χ4n) is 3.22. The van der Waals surface area contributed by atoms with Crippen molar-refractivity contribution in [3.63, 3.8) is 0 Å². The Kier molecular flexibility index (Phi) is 4.88. The molecule has 3 heterocycles. The van der Waals surface area contributed by atoms with Gasteiger partial charge < -0.3 is 9.47 Å². The van der Waals surface area contributed by atoms with Gasteiger partial charge in [-0.05, 0) is 24.7 Å². The van der Waals surface area contributed by atoms with E-state index < -0.39 is 0 Å². The molecule has 1 aromatic heterocycles. The van der Waals surface area contributed by atoms with Crippen LogP contribution < -0.4 is 5.56 Å². The predicted octanol–water partition coefficient (Wildman–Crippen LogP) is 1.04. The van der Waals surface area contributed by atoms with Crippen molar-refractivity contribution >= 4 is 17.7 Å². The highest BCUT2D eigenvalue weighted by atomic mass is 32.2. The average molecular weight is 321 g/mol. The Bertz CT molecular complexity index is 595. The lowest BCUT2D eigenvalue weighted by molar-refractivity contribution is 0.0758. The zero-order valence-corrected chi connectivity index (χ0v) is 13.8. The maximum atomic E-state index is 12.6. The second-order valence-electron chi connectivity index (χ2n) is 6.07. The molecular formula is C16H23N3O2S. The molecule has 2 aliphatic heterocycles. The van der Waals surface area contributed by atoms with Crippen LogP contribution in [-0.4, -0.2) is 64.0 Å². The van der Waals surface area contributed by atoms with Crippen LogP contribution in [0, 0.1) is 0 Å². The third-order valence-corrected chi connectivity index (χ3v) is 5.72. The molecule has 1 amide bonds. The Morgan fingerprint density at radius 2 is 2.09 bits per heavy atom. The number of nitrogens with zero attached hydrogens (tertiary/aromatic N) is 3. The molecular weight excluding hydrogens is 298 g/mol. The average Bonchev–Trinajstić information content (AvgIpc) is 2.94. The van der Waals surface area contributed by atoms with E-state index in [9.17, 15) is 9.59 Å². The zero-order chi connectivity index (χ0) is 15.5. The third kappa shape index (κ3) is 3.38. The first-order chi connectivity index (χ1) is 10.6. The molecule has 1 unspecified atom stereocenters. The van der Waals surface area contributed by atoms with Gasteiger partial charge in [0, 0.05) is 57.3 Å². The third-order valence-electron chi connectivity index (χ3n) is 4.57. The minimum absolute atomic E-state index is 0.0400. The van der Waals surface area contributed by atoms with E-state index in [2.05, 4.69) is 4.90 Å². The summed E-state index contributed by atoms with van der Waals surface area (Å²) in [7, 11) is 1.68. The van der Waals surface area contributed by atoms with Crippen LogP contribution in [0.25, 0.3) is 0 Å². The molecule has 5 nitrogen and oxygen atoms in total. The number of aromatic nitrogens is 1. The minimum Gasteiger partial charge on any atom is -0.337 e. The van der Waals surface area contributed by atoms with Gasteiger partial charge in [0.05, 0.1) is 5.56 Å². The summed E-state index contributed by atoms with van der Waals surface area (Å²) in [6, 6.07) is 3.80. The molecule has 22 heavy (non-hydrogen) atoms. The molecule has 1 aromatic rings. The van der Waals surface area contributed by atoms with Gasteiger partial charge in [-0.2, -0.15) is 11.8 Å². The summed E-state index contributed by atoms with van der Waals surface area (Å²) in [6.45, 7) is 3.63. The number of hydrogen-bond donors (Lipinski definition) is 0. The number of aryl methyl sites for hydroxylation is 1. The number of thioether (sulfide) groups is 1. The van der Waals surface area contributed by atoms with E-state index >= 15 is 0 Å². The molecule has 0 saturated carbocycles. The zero-order valence-electron chi connectivity index (χ0n) is 13.0. The maximum Gasteiger partial charge on any atom is 0.255 e. The van der Waals surface area contributed by atoms with Crippen LogP contribution >= 0.6 is 11.8 Å². The van der Waals surface area contributed by atoms with Crippen LogP contribution in [0.4, 0.5) is 0 Å². The smallest absolute Gasteiger partial charge is 0.255 e. The van der Waals surface area contributed by atoms with Crippen molar-refractivity contribution in [1.82, 2.24) is 14.4 Å². The molecule has 0 aliphatic carbocycles. The van der Waals surface area contributed by atoms with Gasteiger partial charge in [-0.3, -0.25) is 14.5 Å². The van der Waals surface area contributed by atoms with Crippen molar-refractivity contribution < 1.29 is 4.79 Å². The van der Waals surface area contributed by atoms with Crippen LogP contribution in [0.5, 0.6) is 0 Å². The van der Waals surface area contributed by atoms with Crippen LogP contribution in [0.2, 0.25) is 0 Å². The summed E-state index contributed by atoms with van der Waals surface area (Å²) in [5.41, 5.74) is 0.518. The second kappa shape index (κ2) is 6.87. The first kappa shape index (κ1) is 15.6. The van der Waals surface area contributed by atoms with Gasteiger partial charge in [0.25, 0.3) is 5.91 Å². The minimum atomic E-state index is -0.0858. The highest BCUT2D eigenvalue weighted by Crippen LogP contribution is 2.23. The van der Waals surface area contributed by atoms with E-state index in [0.29, 0.717) is 11.6 Å². The van der Waals surface area contributed by atoms with Crippen molar-refractivity contribution in [2.24, 2.45) is 7.05 Å². The van der Waals surface area contributed by atoms with Crippen molar-refractivity contribution in [3.8, 4) is 0 Å². The van der Waals surface area contributed by atoms with E-state index in [-0.39, 0.29) is 11.5 Å². The van der Waals surface area contributed by atoms with Crippen LogP contribution in [0.1, 0.15) is 23.2 Å². The van der Waals surface area contributed by atoms with Crippen molar-refractivity contribution in [2.75, 3.05) is 37.7 Å². The van der Waals surface area contributed by atoms with E-state index in [1.165, 1.54) is 28.6 Å². The lowest BCUT2D eigenvalue weighted by atomic mass is 10.2. The predicted molar refractivity (Wildman–Crippen MR) is 89.5 cm³/mol. The fraction of sp³-hybridized carbons (Fsp3) is 0.625. The summed E-state index contributed by atoms with van der Waals surface area (Å²) in [5.74, 6) is 2.54. The molecule has 2 fully saturated rings. The lowest BCUT2D eigenvalue weighted by Crippen LogP contribution is -2.39. The first-order valence-corrected chi connectivity index (χ1v) is 9.08. The van der Waals surface area contributed by atoms with E-state index in [1.807, 2.05) is 16.7 Å². The summed E-state index contributed by atoms with van der Waals surface area (Å²) in [5, 5.41) is 0. The Morgan fingerprint density at radius 3 is 2.82 bits per heavy atom. The second-order valence-corrected chi connectivity index (χ2v) is 7.22. The summed E-state index contributed by atoms with van der Waals surface area (Å²) < 4.78 is 1.47. The summed E-state index contributed by atoms with van der Waals surface area (Å²) >= 11 is 2.03. The number of carbonyl (C=O) groups is 1. The molecule has 0 aromatic carbocycles. The van der Waals surface area contributed by atoms with Crippen LogP contribution in [0.15, 0.2) is 23.1 Å². The Balaban J connectivity index is 1.65. The molecule has 3 rings (SSSR count). The van der Waals surface area contributed by atoms with Crippen LogP contribution in [0.3, 0.4) is 0 Å². The number of amides is 1. The SMILES string of the molecule is Cn1cc(C(=O)N2CCCN(C3CCSC3)CC2)ccc1=O. The quantitative estimate of drug-likeness (QED) is 0.816. The molecule has 2 aliphatic rings. The summed E-state index contributed by atoms with van der Waals surface area (Å²) in [4.78, 5) is 28.6. The van der Waals surface area contributed by atoms with Crippen molar-refractivity contribution in [2.45, 2.75) is 18.9 Å². The number of carbonyl (C=O) groups excluding carboxylic acids is 1. The van der Waals surface area contributed by atoms with Gasteiger partial charge in [-0.15, -0.1) is 0 Å². The first-order valence-electron chi connectivity index (χ1n) is 7.93. The molecule has 0 bridgehead atoms. The van der Waals surface area contributed by atoms with Gasteiger partial charge >= 0.3 is 0 Å². The largest absolute Gasteiger partial charge is 0.337 e. The summed E-state index contributed by atoms with van der Waals surface area (Å²) in [6.07, 6.45) is 3.94. The molecule has 0 spiro atoms. The molecule has 6 heteroatoms. The molecule has 1 atom stereocenters. The highest BCUT2D eigenvalue weighted by molar-refractivity contribution is 7.99. The molecule has 2 saturated heterocycles. The van der Waals surface area contributed by atoms with Crippen molar-refractivity contribution in [1.29, 1.82) is 0 Å². The number of pyridine rings is 1. The Morgan fingerprint density at radius 1 is 1.23 bits per heavy atom. The maximum absolute atomic E-state index is 12.6. The monoisotopic (exact) mass is 321 g/mol. The van der Waals surface area contributed by atoms with Gasteiger partial charge in [0.2, 0.25) is 5.56 Å². The van der Waals surface area contributed by atoms with Crippen molar-refractivity contribution in [3.05, 3.63) is 34.2 Å². The Hall–Kier alpha value is -1.27. The topological polar surface area (TPSA) is 45.6 Å². The van der Waals surface area contributed by atoms with E-state index in [1.54, 1.807) is 19.3 Å². The van der Waals surface area contributed by atoms with E-state index in [4.69, 9.17) is 0 Å². The number of rotatable bonds is 2. The van der Waals surface area contributed by atoms with Gasteiger partial charge in [-0.25, -0.2) is 0 Å². The highest BCUT2D eigenvalue weighted by Gasteiger charge is 2.26. The molecule has 0 radical (unpaired) electrons. The molecule has 0 N–H and O–H groups in total. The fourth-order valence-corrected chi connectivity index (χ4v) is 4.47.